The standard InChI is InChI=1S/C24H30ClN9O3/c1-24(2,3)37-23(36)32-19-7-5-4-6-18(19)31-22-27-13-17(20(26)35)21(33-22)30-15-10-14(25)11-16(12-15)34-28-8-9-29-34/h8-13,18-19H,4-7H2,1-3H3,(H2,26,35)(H,32,36)(H2,27,30,31,33)/t18-,19+/m1/s1. The molecule has 0 bridgehead atoms. The van der Waals surface area contributed by atoms with Gasteiger partial charge in [-0.05, 0) is 51.8 Å². The Bertz CT molecular complexity index is 1260. The van der Waals surface area contributed by atoms with Crippen LogP contribution in [-0.4, -0.2) is 54.6 Å². The van der Waals surface area contributed by atoms with Crippen LogP contribution in [0.4, 0.5) is 22.2 Å². The molecular formula is C24H30ClN9O3. The van der Waals surface area contributed by atoms with E-state index in [9.17, 15) is 9.59 Å². The van der Waals surface area contributed by atoms with Crippen LogP contribution in [0, 0.1) is 0 Å². The fourth-order valence-corrected chi connectivity index (χ4v) is 4.31. The highest BCUT2D eigenvalue weighted by Crippen LogP contribution is 2.27. The molecule has 0 aliphatic heterocycles. The van der Waals surface area contributed by atoms with Gasteiger partial charge in [-0.1, -0.05) is 24.4 Å². The van der Waals surface area contributed by atoms with E-state index in [4.69, 9.17) is 22.1 Å². The number of nitrogens with one attached hydrogen (secondary N) is 3. The van der Waals surface area contributed by atoms with Crippen LogP contribution >= 0.6 is 11.6 Å². The summed E-state index contributed by atoms with van der Waals surface area (Å²) in [5.41, 5.74) is 6.26. The van der Waals surface area contributed by atoms with Crippen molar-refractivity contribution in [3.05, 3.63) is 47.4 Å². The van der Waals surface area contributed by atoms with Crippen molar-refractivity contribution in [2.24, 2.45) is 5.73 Å². The Balaban J connectivity index is 1.55. The van der Waals surface area contributed by atoms with E-state index in [2.05, 4.69) is 36.1 Å². The van der Waals surface area contributed by atoms with E-state index in [-0.39, 0.29) is 29.4 Å². The molecular weight excluding hydrogens is 498 g/mol. The number of halogens is 1. The third-order valence-corrected chi connectivity index (χ3v) is 5.85. The Morgan fingerprint density at radius 1 is 1.11 bits per heavy atom. The van der Waals surface area contributed by atoms with Crippen molar-refractivity contribution < 1.29 is 14.3 Å². The molecule has 37 heavy (non-hydrogen) atoms. The Labute approximate surface area is 219 Å². The number of nitrogens with zero attached hydrogens (tertiary/aromatic N) is 5. The van der Waals surface area contributed by atoms with Crippen LogP contribution < -0.4 is 21.7 Å². The highest BCUT2D eigenvalue weighted by molar-refractivity contribution is 6.31. The van der Waals surface area contributed by atoms with Crippen LogP contribution in [0.15, 0.2) is 36.8 Å². The quantitative estimate of drug-likeness (QED) is 0.358. The molecule has 0 saturated heterocycles. The first-order valence-corrected chi connectivity index (χ1v) is 12.3. The van der Waals surface area contributed by atoms with Gasteiger partial charge in [-0.25, -0.2) is 9.78 Å². The number of carbonyl (C=O) groups excluding carboxylic acids is 2. The second-order valence-corrected chi connectivity index (χ2v) is 10.2. The molecule has 196 valence electrons. The number of rotatable bonds is 7. The number of ether oxygens (including phenoxy) is 1. The molecule has 1 aromatic carbocycles. The third-order valence-electron chi connectivity index (χ3n) is 5.63. The summed E-state index contributed by atoms with van der Waals surface area (Å²) in [7, 11) is 0. The number of amides is 2. The number of anilines is 3. The van der Waals surface area contributed by atoms with Crippen molar-refractivity contribution in [3.63, 3.8) is 0 Å². The topological polar surface area (TPSA) is 162 Å². The van der Waals surface area contributed by atoms with Crippen molar-refractivity contribution in [1.82, 2.24) is 30.3 Å². The summed E-state index contributed by atoms with van der Waals surface area (Å²) >= 11 is 6.30. The van der Waals surface area contributed by atoms with Crippen molar-refractivity contribution in [2.45, 2.75) is 64.1 Å². The van der Waals surface area contributed by atoms with E-state index >= 15 is 0 Å². The number of nitrogens with two attached hydrogens (primary N) is 1. The lowest BCUT2D eigenvalue weighted by molar-refractivity contribution is 0.0488. The van der Waals surface area contributed by atoms with Gasteiger partial charge in [0.05, 0.1) is 24.1 Å². The van der Waals surface area contributed by atoms with Crippen LogP contribution in [0.25, 0.3) is 5.69 Å². The van der Waals surface area contributed by atoms with E-state index < -0.39 is 17.6 Å². The molecule has 2 atom stereocenters. The van der Waals surface area contributed by atoms with Crippen LogP contribution in [0.2, 0.25) is 5.02 Å². The molecule has 1 aliphatic carbocycles. The Morgan fingerprint density at radius 3 is 2.49 bits per heavy atom. The van der Waals surface area contributed by atoms with Gasteiger partial charge >= 0.3 is 6.09 Å². The molecule has 1 aliphatic rings. The minimum absolute atomic E-state index is 0.108. The van der Waals surface area contributed by atoms with Gasteiger partial charge in [0.25, 0.3) is 5.91 Å². The summed E-state index contributed by atoms with van der Waals surface area (Å²) in [4.78, 5) is 34.7. The fourth-order valence-electron chi connectivity index (χ4n) is 4.08. The summed E-state index contributed by atoms with van der Waals surface area (Å²) < 4.78 is 5.42. The second kappa shape index (κ2) is 11.0. The summed E-state index contributed by atoms with van der Waals surface area (Å²) in [6, 6.07) is 4.84. The number of primary amides is 1. The number of hydrogen-bond acceptors (Lipinski definition) is 9. The summed E-state index contributed by atoms with van der Waals surface area (Å²) in [5, 5.41) is 18.0. The highest BCUT2D eigenvalue weighted by atomic mass is 35.5. The number of hydrogen-bond donors (Lipinski definition) is 4. The third kappa shape index (κ3) is 7.06. The van der Waals surface area contributed by atoms with E-state index in [1.54, 1.807) is 30.6 Å². The SMILES string of the molecule is CC(C)(C)OC(=O)N[C@H]1CCCC[C@H]1Nc1ncc(C(N)=O)c(Nc2cc(Cl)cc(-n3nccn3)c2)n1. The van der Waals surface area contributed by atoms with Crippen LogP contribution in [0.3, 0.4) is 0 Å². The monoisotopic (exact) mass is 527 g/mol. The van der Waals surface area contributed by atoms with E-state index in [1.807, 2.05) is 20.8 Å². The maximum atomic E-state index is 12.4. The molecule has 1 fully saturated rings. The minimum Gasteiger partial charge on any atom is -0.444 e. The van der Waals surface area contributed by atoms with Gasteiger partial charge in [0.15, 0.2) is 0 Å². The summed E-state index contributed by atoms with van der Waals surface area (Å²) in [6.07, 6.45) is 7.56. The van der Waals surface area contributed by atoms with E-state index in [1.165, 1.54) is 11.0 Å². The van der Waals surface area contributed by atoms with Gasteiger partial charge in [0.2, 0.25) is 5.95 Å². The molecule has 0 spiro atoms. The molecule has 1 saturated carbocycles. The predicted octanol–water partition coefficient (Wildman–Crippen LogP) is 3.80. The molecule has 2 aromatic heterocycles. The first-order valence-electron chi connectivity index (χ1n) is 11.9. The molecule has 2 amide bonds. The lowest BCUT2D eigenvalue weighted by Crippen LogP contribution is -2.50. The van der Waals surface area contributed by atoms with Crippen molar-refractivity contribution >= 4 is 41.1 Å². The average Bonchev–Trinajstić information content (AvgIpc) is 3.34. The molecule has 0 unspecified atom stereocenters. The van der Waals surface area contributed by atoms with Crippen LogP contribution in [-0.2, 0) is 4.74 Å². The lowest BCUT2D eigenvalue weighted by atomic mass is 9.90. The summed E-state index contributed by atoms with van der Waals surface area (Å²) in [5.74, 6) is -0.197. The Kier molecular flexibility index (Phi) is 7.77. The highest BCUT2D eigenvalue weighted by Gasteiger charge is 2.29. The second-order valence-electron chi connectivity index (χ2n) is 9.75. The Morgan fingerprint density at radius 2 is 1.81 bits per heavy atom. The number of carbonyl (C=O) groups is 2. The average molecular weight is 528 g/mol. The normalized spacial score (nSPS) is 17.6. The maximum absolute atomic E-state index is 12.4. The smallest absolute Gasteiger partial charge is 0.407 e. The van der Waals surface area contributed by atoms with Crippen molar-refractivity contribution in [3.8, 4) is 5.69 Å². The lowest BCUT2D eigenvalue weighted by Gasteiger charge is -2.33. The zero-order valence-electron chi connectivity index (χ0n) is 20.9. The maximum Gasteiger partial charge on any atom is 0.407 e. The van der Waals surface area contributed by atoms with Gasteiger partial charge < -0.3 is 26.4 Å². The molecule has 13 heteroatoms. The zero-order chi connectivity index (χ0) is 26.6. The molecule has 5 N–H and O–H groups in total. The van der Waals surface area contributed by atoms with Gasteiger partial charge in [0, 0.05) is 22.9 Å². The van der Waals surface area contributed by atoms with Crippen LogP contribution in [0.1, 0.15) is 56.8 Å². The molecule has 0 radical (unpaired) electrons. The number of alkyl carbamates (subject to hydrolysis) is 1. The van der Waals surface area contributed by atoms with Gasteiger partial charge in [0.1, 0.15) is 17.0 Å². The van der Waals surface area contributed by atoms with Crippen molar-refractivity contribution in [1.29, 1.82) is 0 Å². The first-order chi connectivity index (χ1) is 17.6. The van der Waals surface area contributed by atoms with E-state index in [0.29, 0.717) is 16.4 Å². The fraction of sp³-hybridized carbons (Fsp3) is 0.417. The summed E-state index contributed by atoms with van der Waals surface area (Å²) in [6.45, 7) is 5.46. The first kappa shape index (κ1) is 26.1. The van der Waals surface area contributed by atoms with Crippen molar-refractivity contribution in [2.75, 3.05) is 10.6 Å². The van der Waals surface area contributed by atoms with E-state index in [0.717, 1.165) is 25.7 Å². The Hall–Kier alpha value is -3.93. The minimum atomic E-state index is -0.688. The number of aromatic nitrogens is 5. The molecule has 2 heterocycles. The zero-order valence-corrected chi connectivity index (χ0v) is 21.6. The number of benzene rings is 1. The molecule has 4 rings (SSSR count). The van der Waals surface area contributed by atoms with Gasteiger partial charge in [-0.15, -0.1) is 0 Å². The van der Waals surface area contributed by atoms with Gasteiger partial charge in [-0.3, -0.25) is 4.79 Å². The van der Waals surface area contributed by atoms with Crippen LogP contribution in [0.5, 0.6) is 0 Å². The molecule has 12 nitrogen and oxygen atoms in total. The predicted molar refractivity (Wildman–Crippen MR) is 139 cm³/mol. The largest absolute Gasteiger partial charge is 0.444 e. The van der Waals surface area contributed by atoms with Gasteiger partial charge in [-0.2, -0.15) is 20.0 Å². The molecule has 3 aromatic rings.